The summed E-state index contributed by atoms with van der Waals surface area (Å²) < 4.78 is -3.03. The van der Waals surface area contributed by atoms with Gasteiger partial charge in [0.25, 0.3) is 0 Å². The summed E-state index contributed by atoms with van der Waals surface area (Å²) in [6.45, 7) is 2.64. The van der Waals surface area contributed by atoms with Crippen LogP contribution in [0.1, 0.15) is 13.8 Å². The van der Waals surface area contributed by atoms with Gasteiger partial charge in [-0.05, 0) is 13.8 Å². The Kier molecular flexibility index (Phi) is 3.31. The monoisotopic (exact) mass is 222 g/mol. The van der Waals surface area contributed by atoms with Crippen LogP contribution in [-0.2, 0) is 4.79 Å². The van der Waals surface area contributed by atoms with E-state index in [1.165, 1.54) is 13.8 Å². The lowest BCUT2D eigenvalue weighted by Crippen LogP contribution is -2.35. The van der Waals surface area contributed by atoms with Gasteiger partial charge in [0.1, 0.15) is 0 Å². The zero-order valence-corrected chi connectivity index (χ0v) is 8.44. The third-order valence-corrected chi connectivity index (χ3v) is 1.48. The molecule has 0 aliphatic carbocycles. The van der Waals surface area contributed by atoms with Crippen molar-refractivity contribution in [2.75, 3.05) is 0 Å². The highest BCUT2D eigenvalue weighted by atomic mass is 35.5. The van der Waals surface area contributed by atoms with Crippen LogP contribution in [0.4, 0.5) is 0 Å². The van der Waals surface area contributed by atoms with Crippen molar-refractivity contribution in [1.82, 2.24) is 0 Å². The fourth-order valence-electron chi connectivity index (χ4n) is 0.385. The molecule has 0 unspecified atom stereocenters. The van der Waals surface area contributed by atoms with E-state index in [-0.39, 0.29) is 0 Å². The van der Waals surface area contributed by atoms with Crippen molar-refractivity contribution in [3.63, 3.8) is 0 Å². The van der Waals surface area contributed by atoms with Crippen molar-refractivity contribution in [1.29, 1.82) is 0 Å². The molecule has 0 N–H and O–H groups in total. The van der Waals surface area contributed by atoms with Gasteiger partial charge in [-0.2, -0.15) is 0 Å². The summed E-state index contributed by atoms with van der Waals surface area (Å²) in [6, 6.07) is 0. The maximum Gasteiger partial charge on any atom is 0.203 e. The quantitative estimate of drug-likeness (QED) is 0.659. The second kappa shape index (κ2) is 3.06. The zero-order chi connectivity index (χ0) is 8.58. The van der Waals surface area contributed by atoms with Crippen LogP contribution in [0, 0.1) is 0 Å². The highest BCUT2D eigenvalue weighted by molar-refractivity contribution is 6.68. The molecule has 0 spiro atoms. The number of hydrogen-bond donors (Lipinski definition) is 0. The molecule has 0 amide bonds. The maximum absolute atomic E-state index is 11.0. The maximum atomic E-state index is 11.0. The zero-order valence-electron chi connectivity index (χ0n) is 5.42. The van der Waals surface area contributed by atoms with Crippen molar-refractivity contribution in [3.8, 4) is 0 Å². The molecule has 0 aromatic heterocycles. The molecule has 0 atom stereocenters. The molecule has 0 bridgehead atoms. The number of carbonyl (C=O) groups excluding carboxylic acids is 1. The first kappa shape index (κ1) is 10.8. The third-order valence-electron chi connectivity index (χ3n) is 0.797. The molecule has 0 aromatic carbocycles. The largest absolute Gasteiger partial charge is 0.293 e. The number of ketones is 1. The van der Waals surface area contributed by atoms with Crippen LogP contribution in [0.2, 0.25) is 0 Å². The molecule has 0 saturated heterocycles. The van der Waals surface area contributed by atoms with E-state index in [0.717, 1.165) is 0 Å². The van der Waals surface area contributed by atoms with Crippen molar-refractivity contribution in [2.45, 2.75) is 22.5 Å². The minimum atomic E-state index is -1.52. The van der Waals surface area contributed by atoms with Gasteiger partial charge in [0.15, 0.2) is 8.67 Å². The predicted octanol–water partition coefficient (Wildman–Crippen LogP) is 2.94. The molecular weight excluding hydrogens is 218 g/mol. The van der Waals surface area contributed by atoms with Gasteiger partial charge in [0.05, 0.1) is 0 Å². The van der Waals surface area contributed by atoms with Crippen LogP contribution in [0.3, 0.4) is 0 Å². The van der Waals surface area contributed by atoms with Crippen LogP contribution < -0.4 is 0 Å². The van der Waals surface area contributed by atoms with Crippen LogP contribution >= 0.6 is 46.4 Å². The summed E-state index contributed by atoms with van der Waals surface area (Å²) in [6.07, 6.45) is 0. The molecule has 0 saturated carbocycles. The van der Waals surface area contributed by atoms with Gasteiger partial charge in [-0.1, -0.05) is 46.4 Å². The number of halogens is 4. The molecule has 5 heteroatoms. The summed E-state index contributed by atoms with van der Waals surface area (Å²) in [5.41, 5.74) is 0. The Hall–Kier alpha value is 0.830. The average molecular weight is 224 g/mol. The van der Waals surface area contributed by atoms with Crippen LogP contribution in [0.25, 0.3) is 0 Å². The lowest BCUT2D eigenvalue weighted by atomic mass is 10.2. The first-order valence-corrected chi connectivity index (χ1v) is 3.97. The van der Waals surface area contributed by atoms with E-state index in [1.807, 2.05) is 0 Å². The Labute approximate surface area is 79.6 Å². The van der Waals surface area contributed by atoms with Gasteiger partial charge in [-0.25, -0.2) is 0 Å². The van der Waals surface area contributed by atoms with Crippen LogP contribution in [-0.4, -0.2) is 14.4 Å². The Morgan fingerprint density at radius 3 is 1.20 bits per heavy atom. The highest BCUT2D eigenvalue weighted by Crippen LogP contribution is 2.32. The number of carbonyl (C=O) groups is 1. The summed E-state index contributed by atoms with van der Waals surface area (Å²) in [4.78, 5) is 11.0. The minimum Gasteiger partial charge on any atom is -0.293 e. The second-order valence-electron chi connectivity index (χ2n) is 2.11. The Morgan fingerprint density at radius 1 is 1.00 bits per heavy atom. The van der Waals surface area contributed by atoms with E-state index in [9.17, 15) is 4.79 Å². The van der Waals surface area contributed by atoms with E-state index in [0.29, 0.717) is 0 Å². The van der Waals surface area contributed by atoms with Gasteiger partial charge in [-0.3, -0.25) is 4.79 Å². The highest BCUT2D eigenvalue weighted by Gasteiger charge is 2.40. The first-order chi connectivity index (χ1) is 4.15. The number of hydrogen-bond acceptors (Lipinski definition) is 1. The summed E-state index contributed by atoms with van der Waals surface area (Å²) in [7, 11) is 0. The van der Waals surface area contributed by atoms with E-state index in [1.54, 1.807) is 0 Å². The minimum absolute atomic E-state index is 0.619. The molecule has 0 aromatic rings. The predicted molar refractivity (Wildman–Crippen MR) is 45.2 cm³/mol. The summed E-state index contributed by atoms with van der Waals surface area (Å²) in [5, 5.41) is 0. The van der Waals surface area contributed by atoms with Crippen molar-refractivity contribution in [2.24, 2.45) is 0 Å². The Bertz CT molecular complexity index is 125. The van der Waals surface area contributed by atoms with Crippen molar-refractivity contribution < 1.29 is 4.79 Å². The van der Waals surface area contributed by atoms with Crippen LogP contribution in [0.5, 0.6) is 0 Å². The fraction of sp³-hybridized carbons (Fsp3) is 0.800. The molecule has 10 heavy (non-hydrogen) atoms. The van der Waals surface area contributed by atoms with Crippen LogP contribution in [0.15, 0.2) is 0 Å². The normalized spacial score (nSPS) is 13.4. The Balaban J connectivity index is 4.40. The van der Waals surface area contributed by atoms with Gasteiger partial charge in [0, 0.05) is 0 Å². The number of Topliss-reactive ketones (excluding diaryl/α,β-unsaturated/α-hetero) is 1. The molecule has 1 nitrogen and oxygen atoms in total. The smallest absolute Gasteiger partial charge is 0.203 e. The Morgan fingerprint density at radius 2 is 1.20 bits per heavy atom. The molecule has 0 fully saturated rings. The second-order valence-corrected chi connectivity index (χ2v) is 5.52. The van der Waals surface area contributed by atoms with E-state index < -0.39 is 14.4 Å². The molecule has 0 radical (unpaired) electrons. The third kappa shape index (κ3) is 3.29. The first-order valence-electron chi connectivity index (χ1n) is 2.46. The van der Waals surface area contributed by atoms with E-state index in [4.69, 9.17) is 46.4 Å². The van der Waals surface area contributed by atoms with Gasteiger partial charge in [0.2, 0.25) is 5.78 Å². The lowest BCUT2D eigenvalue weighted by Gasteiger charge is -2.18. The average Bonchev–Trinajstić information content (AvgIpc) is 1.59. The molecule has 0 aliphatic heterocycles. The summed E-state index contributed by atoms with van der Waals surface area (Å²) in [5.74, 6) is -0.619. The van der Waals surface area contributed by atoms with Gasteiger partial charge < -0.3 is 0 Å². The van der Waals surface area contributed by atoms with Crippen molar-refractivity contribution >= 4 is 52.2 Å². The van der Waals surface area contributed by atoms with Crippen molar-refractivity contribution in [3.05, 3.63) is 0 Å². The fourth-order valence-corrected chi connectivity index (χ4v) is 1.33. The number of alkyl halides is 4. The summed E-state index contributed by atoms with van der Waals surface area (Å²) >= 11 is 21.7. The lowest BCUT2D eigenvalue weighted by molar-refractivity contribution is -0.119. The van der Waals surface area contributed by atoms with E-state index >= 15 is 0 Å². The van der Waals surface area contributed by atoms with E-state index in [2.05, 4.69) is 0 Å². The molecule has 60 valence electrons. The van der Waals surface area contributed by atoms with Gasteiger partial charge >= 0.3 is 0 Å². The topological polar surface area (TPSA) is 17.1 Å². The molecule has 0 heterocycles. The SMILES string of the molecule is CC(Cl)(Cl)C(=O)C(C)(Cl)Cl. The standard InChI is InChI=1S/C5H6Cl4O/c1-4(6,7)3(10)5(2,8)9/h1-2H3. The van der Waals surface area contributed by atoms with Gasteiger partial charge in [-0.15, -0.1) is 0 Å². The number of rotatable bonds is 2. The molecule has 0 aliphatic rings. The molecular formula is C5H6Cl4O. The molecule has 0 rings (SSSR count).